The summed E-state index contributed by atoms with van der Waals surface area (Å²) in [6.45, 7) is 6.28. The van der Waals surface area contributed by atoms with E-state index in [1.165, 1.54) is 5.56 Å². The monoisotopic (exact) mass is 246 g/mol. The lowest BCUT2D eigenvalue weighted by molar-refractivity contribution is 0.260. The van der Waals surface area contributed by atoms with Gasteiger partial charge in [0, 0.05) is 18.3 Å². The number of ether oxygens (including phenoxy) is 1. The summed E-state index contributed by atoms with van der Waals surface area (Å²) in [5, 5.41) is 3.28. The van der Waals surface area contributed by atoms with Gasteiger partial charge in [0.25, 0.3) is 0 Å². The van der Waals surface area contributed by atoms with Crippen LogP contribution < -0.4 is 10.1 Å². The van der Waals surface area contributed by atoms with Crippen molar-refractivity contribution in [3.63, 3.8) is 0 Å². The molecule has 0 aliphatic rings. The van der Waals surface area contributed by atoms with Gasteiger partial charge < -0.3 is 14.5 Å². The van der Waals surface area contributed by atoms with Gasteiger partial charge in [0.05, 0.1) is 6.26 Å². The van der Waals surface area contributed by atoms with Crippen LogP contribution in [0.15, 0.2) is 34.9 Å². The van der Waals surface area contributed by atoms with Gasteiger partial charge in [0.2, 0.25) is 5.88 Å². The fraction of sp³-hybridized carbons (Fsp3) is 0.357. The van der Waals surface area contributed by atoms with Crippen LogP contribution in [-0.4, -0.2) is 11.5 Å². The second kappa shape index (κ2) is 6.21. The van der Waals surface area contributed by atoms with E-state index in [0.717, 1.165) is 24.5 Å². The van der Waals surface area contributed by atoms with Crippen LogP contribution in [0.25, 0.3) is 0 Å². The predicted octanol–water partition coefficient (Wildman–Crippen LogP) is 2.67. The molecule has 2 aromatic heterocycles. The van der Waals surface area contributed by atoms with Gasteiger partial charge in [-0.1, -0.05) is 13.0 Å². The van der Waals surface area contributed by atoms with Crippen molar-refractivity contribution in [2.24, 2.45) is 0 Å². The lowest BCUT2D eigenvalue weighted by Gasteiger charge is -2.08. The summed E-state index contributed by atoms with van der Waals surface area (Å²) in [6, 6.07) is 7.66. The zero-order valence-corrected chi connectivity index (χ0v) is 10.8. The Morgan fingerprint density at radius 2 is 2.22 bits per heavy atom. The van der Waals surface area contributed by atoms with E-state index in [9.17, 15) is 0 Å². The number of rotatable bonds is 6. The Labute approximate surface area is 107 Å². The molecule has 0 saturated carbocycles. The Morgan fingerprint density at radius 1 is 1.33 bits per heavy atom. The van der Waals surface area contributed by atoms with Gasteiger partial charge in [0.1, 0.15) is 12.4 Å². The second-order valence-corrected chi connectivity index (χ2v) is 4.04. The van der Waals surface area contributed by atoms with Crippen molar-refractivity contribution in [3.05, 3.63) is 47.5 Å². The molecule has 0 amide bonds. The second-order valence-electron chi connectivity index (χ2n) is 4.04. The van der Waals surface area contributed by atoms with Crippen LogP contribution in [0.5, 0.6) is 5.88 Å². The topological polar surface area (TPSA) is 47.3 Å². The Balaban J connectivity index is 1.95. The predicted molar refractivity (Wildman–Crippen MR) is 69.4 cm³/mol. The standard InChI is InChI=1S/C14H18N2O2/c1-3-15-9-12-6-7-14(16-11(12)2)18-10-13-5-4-8-17-13/h4-8,15H,3,9-10H2,1-2H3. The number of hydrogen-bond acceptors (Lipinski definition) is 4. The molecule has 0 unspecified atom stereocenters. The summed E-state index contributed by atoms with van der Waals surface area (Å²) in [5.74, 6) is 1.43. The molecule has 4 heteroatoms. The molecule has 0 aliphatic heterocycles. The van der Waals surface area contributed by atoms with Crippen molar-refractivity contribution in [3.8, 4) is 5.88 Å². The van der Waals surface area contributed by atoms with E-state index in [2.05, 4.69) is 17.2 Å². The van der Waals surface area contributed by atoms with Gasteiger partial charge in [-0.2, -0.15) is 0 Å². The molecule has 2 aromatic rings. The largest absolute Gasteiger partial charge is 0.469 e. The number of aromatic nitrogens is 1. The Hall–Kier alpha value is -1.81. The molecule has 0 radical (unpaired) electrons. The van der Waals surface area contributed by atoms with Crippen LogP contribution >= 0.6 is 0 Å². The van der Waals surface area contributed by atoms with Crippen LogP contribution in [0.2, 0.25) is 0 Å². The first-order chi connectivity index (χ1) is 8.79. The lowest BCUT2D eigenvalue weighted by Crippen LogP contribution is -2.13. The summed E-state index contributed by atoms with van der Waals surface area (Å²) >= 11 is 0. The van der Waals surface area contributed by atoms with E-state index in [4.69, 9.17) is 9.15 Å². The van der Waals surface area contributed by atoms with Gasteiger partial charge in [-0.05, 0) is 31.2 Å². The van der Waals surface area contributed by atoms with Crippen molar-refractivity contribution in [2.45, 2.75) is 27.0 Å². The van der Waals surface area contributed by atoms with Crippen LogP contribution in [-0.2, 0) is 13.2 Å². The summed E-state index contributed by atoms with van der Waals surface area (Å²) in [7, 11) is 0. The minimum Gasteiger partial charge on any atom is -0.469 e. The molecule has 0 saturated heterocycles. The Kier molecular flexibility index (Phi) is 4.36. The van der Waals surface area contributed by atoms with E-state index in [1.807, 2.05) is 31.2 Å². The molecule has 0 spiro atoms. The van der Waals surface area contributed by atoms with Crippen LogP contribution in [0.3, 0.4) is 0 Å². The molecule has 0 aliphatic carbocycles. The fourth-order valence-electron chi connectivity index (χ4n) is 1.63. The zero-order chi connectivity index (χ0) is 12.8. The first-order valence-corrected chi connectivity index (χ1v) is 6.12. The van der Waals surface area contributed by atoms with Crippen molar-refractivity contribution in [1.82, 2.24) is 10.3 Å². The minimum atomic E-state index is 0.409. The van der Waals surface area contributed by atoms with E-state index in [1.54, 1.807) is 6.26 Å². The number of furan rings is 1. The molecule has 0 fully saturated rings. The molecule has 18 heavy (non-hydrogen) atoms. The smallest absolute Gasteiger partial charge is 0.213 e. The van der Waals surface area contributed by atoms with E-state index in [0.29, 0.717) is 12.5 Å². The first-order valence-electron chi connectivity index (χ1n) is 6.12. The van der Waals surface area contributed by atoms with E-state index >= 15 is 0 Å². The highest BCUT2D eigenvalue weighted by molar-refractivity contribution is 5.25. The van der Waals surface area contributed by atoms with E-state index in [-0.39, 0.29) is 0 Å². The summed E-state index contributed by atoms with van der Waals surface area (Å²) < 4.78 is 10.8. The van der Waals surface area contributed by atoms with Crippen LogP contribution in [0.1, 0.15) is 23.9 Å². The highest BCUT2D eigenvalue weighted by Crippen LogP contribution is 2.14. The quantitative estimate of drug-likeness (QED) is 0.851. The zero-order valence-electron chi connectivity index (χ0n) is 10.8. The Bertz CT molecular complexity index is 481. The third-order valence-electron chi connectivity index (χ3n) is 2.68. The van der Waals surface area contributed by atoms with Crippen molar-refractivity contribution in [1.29, 1.82) is 0 Å². The van der Waals surface area contributed by atoms with Crippen molar-refractivity contribution < 1.29 is 9.15 Å². The maximum atomic E-state index is 5.57. The van der Waals surface area contributed by atoms with Gasteiger partial charge in [-0.3, -0.25) is 0 Å². The molecule has 0 bridgehead atoms. The molecule has 2 heterocycles. The molecule has 1 N–H and O–H groups in total. The summed E-state index contributed by atoms with van der Waals surface area (Å²) in [5.41, 5.74) is 2.19. The lowest BCUT2D eigenvalue weighted by atomic mass is 10.2. The molecule has 0 aromatic carbocycles. The summed E-state index contributed by atoms with van der Waals surface area (Å²) in [4.78, 5) is 4.42. The highest BCUT2D eigenvalue weighted by Gasteiger charge is 2.03. The van der Waals surface area contributed by atoms with Crippen LogP contribution in [0.4, 0.5) is 0 Å². The van der Waals surface area contributed by atoms with Gasteiger partial charge >= 0.3 is 0 Å². The molecule has 0 atom stereocenters. The molecule has 4 nitrogen and oxygen atoms in total. The number of aryl methyl sites for hydroxylation is 1. The number of pyridine rings is 1. The van der Waals surface area contributed by atoms with Gasteiger partial charge in [-0.25, -0.2) is 4.98 Å². The molecular weight excluding hydrogens is 228 g/mol. The molecule has 96 valence electrons. The maximum Gasteiger partial charge on any atom is 0.213 e. The maximum absolute atomic E-state index is 5.57. The molecular formula is C14H18N2O2. The molecule has 2 rings (SSSR count). The third-order valence-corrected chi connectivity index (χ3v) is 2.68. The van der Waals surface area contributed by atoms with Gasteiger partial charge in [-0.15, -0.1) is 0 Å². The van der Waals surface area contributed by atoms with E-state index < -0.39 is 0 Å². The number of nitrogens with zero attached hydrogens (tertiary/aromatic N) is 1. The van der Waals surface area contributed by atoms with Crippen LogP contribution in [0, 0.1) is 6.92 Å². The number of hydrogen-bond donors (Lipinski definition) is 1. The SMILES string of the molecule is CCNCc1ccc(OCc2ccco2)nc1C. The first kappa shape index (κ1) is 12.6. The number of nitrogens with one attached hydrogen (secondary N) is 1. The highest BCUT2D eigenvalue weighted by atomic mass is 16.5. The Morgan fingerprint density at radius 3 is 2.89 bits per heavy atom. The summed E-state index contributed by atoms with van der Waals surface area (Å²) in [6.07, 6.45) is 1.64. The third kappa shape index (κ3) is 3.34. The normalized spacial score (nSPS) is 10.6. The fourth-order valence-corrected chi connectivity index (χ4v) is 1.63. The average Bonchev–Trinajstić information content (AvgIpc) is 2.88. The minimum absolute atomic E-state index is 0.409. The van der Waals surface area contributed by atoms with Gasteiger partial charge in [0.15, 0.2) is 0 Å². The average molecular weight is 246 g/mol. The van der Waals surface area contributed by atoms with Crippen molar-refractivity contribution >= 4 is 0 Å². The van der Waals surface area contributed by atoms with Crippen molar-refractivity contribution in [2.75, 3.05) is 6.54 Å².